The molecule has 27 heavy (non-hydrogen) atoms. The average molecular weight is 371 g/mol. The van der Waals surface area contributed by atoms with E-state index in [1.165, 1.54) is 6.42 Å². The summed E-state index contributed by atoms with van der Waals surface area (Å²) in [4.78, 5) is 6.96. The van der Waals surface area contributed by atoms with Gasteiger partial charge in [0.2, 0.25) is 0 Å². The van der Waals surface area contributed by atoms with Crippen molar-refractivity contribution in [3.05, 3.63) is 42.0 Å². The fourth-order valence-corrected chi connectivity index (χ4v) is 5.01. The zero-order valence-electron chi connectivity index (χ0n) is 16.4. The molecule has 1 N–H and O–H groups in total. The summed E-state index contributed by atoms with van der Waals surface area (Å²) in [5.41, 5.74) is 0.329. The lowest BCUT2D eigenvalue weighted by atomic mass is 9.65. The molecule has 2 heterocycles. The molecule has 1 aliphatic carbocycles. The van der Waals surface area contributed by atoms with Crippen molar-refractivity contribution in [1.29, 1.82) is 0 Å². The summed E-state index contributed by atoms with van der Waals surface area (Å²) in [6.07, 6.45) is 6.98. The van der Waals surface area contributed by atoms with Gasteiger partial charge in [-0.15, -0.1) is 0 Å². The van der Waals surface area contributed by atoms with Gasteiger partial charge >= 0.3 is 0 Å². The average Bonchev–Trinajstić information content (AvgIpc) is 3.09. The summed E-state index contributed by atoms with van der Waals surface area (Å²) in [7, 11) is 5.34. The maximum atomic E-state index is 11.7. The van der Waals surface area contributed by atoms with E-state index in [0.717, 1.165) is 55.4 Å². The smallest absolute Gasteiger partial charge is 0.141 e. The second-order valence-corrected chi connectivity index (χ2v) is 7.88. The molecular formula is C21H29N3O3. The number of imidazole rings is 1. The molecule has 2 aliphatic rings. The molecule has 6 nitrogen and oxygen atoms in total. The van der Waals surface area contributed by atoms with Crippen LogP contribution in [0.15, 0.2) is 30.6 Å². The van der Waals surface area contributed by atoms with Crippen LogP contribution in [0.25, 0.3) is 0 Å². The third kappa shape index (κ3) is 3.11. The number of ether oxygens (including phenoxy) is 2. The first-order chi connectivity index (χ1) is 13.1. The van der Waals surface area contributed by atoms with Crippen LogP contribution in [0.4, 0.5) is 0 Å². The number of piperidine rings is 1. The highest BCUT2D eigenvalue weighted by molar-refractivity contribution is 5.40. The molecule has 2 bridgehead atoms. The van der Waals surface area contributed by atoms with Crippen LogP contribution in [0.3, 0.4) is 0 Å². The summed E-state index contributed by atoms with van der Waals surface area (Å²) >= 11 is 0. The topological polar surface area (TPSA) is 59.8 Å². The van der Waals surface area contributed by atoms with Crippen molar-refractivity contribution >= 4 is 0 Å². The number of methoxy groups -OCH3 is 2. The quantitative estimate of drug-likeness (QED) is 0.875. The Hall–Kier alpha value is -2.05. The van der Waals surface area contributed by atoms with Crippen LogP contribution in [0.1, 0.15) is 30.7 Å². The lowest BCUT2D eigenvalue weighted by Gasteiger charge is -2.52. The van der Waals surface area contributed by atoms with Gasteiger partial charge in [0.1, 0.15) is 22.9 Å². The molecule has 0 radical (unpaired) electrons. The highest BCUT2D eigenvalue weighted by atomic mass is 16.5. The predicted octanol–water partition coefficient (Wildman–Crippen LogP) is 2.56. The molecule has 2 aromatic rings. The molecule has 0 unspecified atom stereocenters. The van der Waals surface area contributed by atoms with Gasteiger partial charge in [-0.25, -0.2) is 4.98 Å². The SMILES string of the molecule is COc1ccc(CN2C[C@@H]3CCC[C@@H](C2)C3(O)c2nccn2C)c(OC)c1. The van der Waals surface area contributed by atoms with Gasteiger partial charge in [-0.05, 0) is 18.9 Å². The van der Waals surface area contributed by atoms with Crippen molar-refractivity contribution < 1.29 is 14.6 Å². The highest BCUT2D eigenvalue weighted by Crippen LogP contribution is 2.48. The lowest BCUT2D eigenvalue weighted by Crippen LogP contribution is -2.58. The first-order valence-corrected chi connectivity index (χ1v) is 9.69. The Balaban J connectivity index is 1.57. The molecule has 1 saturated heterocycles. The number of benzene rings is 1. The summed E-state index contributed by atoms with van der Waals surface area (Å²) in [6.45, 7) is 2.56. The number of fused-ring (bicyclic) bond motifs is 2. The van der Waals surface area contributed by atoms with Crippen molar-refractivity contribution in [1.82, 2.24) is 14.5 Å². The maximum Gasteiger partial charge on any atom is 0.141 e. The van der Waals surface area contributed by atoms with Crippen molar-refractivity contribution in [2.45, 2.75) is 31.4 Å². The Labute approximate surface area is 160 Å². The minimum atomic E-state index is -0.822. The minimum absolute atomic E-state index is 0.204. The van der Waals surface area contributed by atoms with Crippen molar-refractivity contribution in [3.8, 4) is 11.5 Å². The third-order valence-electron chi connectivity index (χ3n) is 6.37. The third-order valence-corrected chi connectivity index (χ3v) is 6.37. The first kappa shape index (κ1) is 18.3. The molecular weight excluding hydrogens is 342 g/mol. The summed E-state index contributed by atoms with van der Waals surface area (Å²) in [5.74, 6) is 2.88. The van der Waals surface area contributed by atoms with Crippen LogP contribution in [0.2, 0.25) is 0 Å². The fourth-order valence-electron chi connectivity index (χ4n) is 5.01. The zero-order chi connectivity index (χ0) is 19.0. The first-order valence-electron chi connectivity index (χ1n) is 9.69. The Morgan fingerprint density at radius 3 is 2.52 bits per heavy atom. The number of hydrogen-bond acceptors (Lipinski definition) is 5. The van der Waals surface area contributed by atoms with Gasteiger partial charge in [-0.1, -0.05) is 12.5 Å². The molecule has 6 heteroatoms. The minimum Gasteiger partial charge on any atom is -0.497 e. The second-order valence-electron chi connectivity index (χ2n) is 7.88. The van der Waals surface area contributed by atoms with Gasteiger partial charge in [0.05, 0.1) is 14.2 Å². The number of aromatic nitrogens is 2. The van der Waals surface area contributed by atoms with Crippen molar-refractivity contribution in [2.24, 2.45) is 18.9 Å². The standard InChI is InChI=1S/C21H29N3O3/c1-23-10-9-22-20(23)21(25)16-5-4-6-17(21)14-24(13-16)12-15-7-8-18(26-2)11-19(15)27-3/h7-11,16-17,25H,4-6,12-14H2,1-3H3/t16-,17-/m0/s1. The maximum absolute atomic E-state index is 11.7. The molecule has 4 rings (SSSR count). The summed E-state index contributed by atoms with van der Waals surface area (Å²) in [5, 5.41) is 11.7. The van der Waals surface area contributed by atoms with Gasteiger partial charge in [0, 0.05) is 62.5 Å². The number of aryl methyl sites for hydroxylation is 1. The molecule has 1 aliphatic heterocycles. The second kappa shape index (κ2) is 7.17. The van der Waals surface area contributed by atoms with E-state index in [0.29, 0.717) is 0 Å². The van der Waals surface area contributed by atoms with Crippen LogP contribution in [0, 0.1) is 11.8 Å². The van der Waals surface area contributed by atoms with E-state index in [4.69, 9.17) is 9.47 Å². The van der Waals surface area contributed by atoms with Gasteiger partial charge in [-0.2, -0.15) is 0 Å². The van der Waals surface area contributed by atoms with Crippen LogP contribution in [0.5, 0.6) is 11.5 Å². The number of hydrogen-bond donors (Lipinski definition) is 1. The molecule has 0 amide bonds. The van der Waals surface area contributed by atoms with Crippen molar-refractivity contribution in [3.63, 3.8) is 0 Å². The number of rotatable bonds is 5. The Bertz CT molecular complexity index is 790. The molecule has 2 fully saturated rings. The zero-order valence-corrected chi connectivity index (χ0v) is 16.4. The van der Waals surface area contributed by atoms with E-state index in [-0.39, 0.29) is 11.8 Å². The fraction of sp³-hybridized carbons (Fsp3) is 0.571. The summed E-state index contributed by atoms with van der Waals surface area (Å²) in [6, 6.07) is 5.99. The normalized spacial score (nSPS) is 28.1. The molecule has 1 saturated carbocycles. The van der Waals surface area contributed by atoms with Gasteiger partial charge in [0.15, 0.2) is 0 Å². The van der Waals surface area contributed by atoms with E-state index in [9.17, 15) is 5.11 Å². The molecule has 2 atom stereocenters. The largest absolute Gasteiger partial charge is 0.497 e. The number of aliphatic hydroxyl groups is 1. The molecule has 1 aromatic carbocycles. The van der Waals surface area contributed by atoms with Crippen LogP contribution < -0.4 is 9.47 Å². The van der Waals surface area contributed by atoms with E-state index in [2.05, 4.69) is 16.0 Å². The summed E-state index contributed by atoms with van der Waals surface area (Å²) < 4.78 is 12.9. The number of likely N-dealkylation sites (tertiary alicyclic amines) is 1. The molecule has 1 aromatic heterocycles. The monoisotopic (exact) mass is 371 g/mol. The van der Waals surface area contributed by atoms with E-state index >= 15 is 0 Å². The van der Waals surface area contributed by atoms with E-state index < -0.39 is 5.60 Å². The van der Waals surface area contributed by atoms with Crippen molar-refractivity contribution in [2.75, 3.05) is 27.3 Å². The van der Waals surface area contributed by atoms with E-state index in [1.54, 1.807) is 20.4 Å². The van der Waals surface area contributed by atoms with Gasteiger partial charge in [0.25, 0.3) is 0 Å². The Kier molecular flexibility index (Phi) is 4.86. The highest BCUT2D eigenvalue weighted by Gasteiger charge is 2.53. The number of nitrogens with zero attached hydrogens (tertiary/aromatic N) is 3. The Morgan fingerprint density at radius 1 is 1.19 bits per heavy atom. The Morgan fingerprint density at radius 2 is 1.93 bits per heavy atom. The van der Waals surface area contributed by atoms with E-state index in [1.807, 2.05) is 29.9 Å². The van der Waals surface area contributed by atoms with Crippen LogP contribution >= 0.6 is 0 Å². The van der Waals surface area contributed by atoms with Gasteiger partial charge in [-0.3, -0.25) is 4.90 Å². The molecule has 146 valence electrons. The predicted molar refractivity (Wildman–Crippen MR) is 103 cm³/mol. The van der Waals surface area contributed by atoms with Gasteiger partial charge < -0.3 is 19.1 Å². The van der Waals surface area contributed by atoms with Crippen LogP contribution in [-0.2, 0) is 19.2 Å². The molecule has 0 spiro atoms. The lowest BCUT2D eigenvalue weighted by molar-refractivity contribution is -0.155. The van der Waals surface area contributed by atoms with Crippen LogP contribution in [-0.4, -0.2) is 46.9 Å².